The van der Waals surface area contributed by atoms with Crippen LogP contribution in [0.1, 0.15) is 18.1 Å². The first kappa shape index (κ1) is 19.8. The quantitative estimate of drug-likeness (QED) is 0.699. The molecule has 0 aliphatic rings. The molecule has 0 atom stereocenters. The smallest absolute Gasteiger partial charge is 0.244 e. The van der Waals surface area contributed by atoms with E-state index in [9.17, 15) is 9.18 Å². The van der Waals surface area contributed by atoms with Crippen LogP contribution in [0.15, 0.2) is 42.5 Å². The third-order valence-electron chi connectivity index (χ3n) is 3.62. The molecule has 4 nitrogen and oxygen atoms in total. The molecule has 26 heavy (non-hydrogen) atoms. The number of hydrogen-bond donors (Lipinski definition) is 1. The highest BCUT2D eigenvalue weighted by Gasteiger charge is 2.10. The van der Waals surface area contributed by atoms with E-state index in [1.54, 1.807) is 36.4 Å². The van der Waals surface area contributed by atoms with Crippen LogP contribution in [0.3, 0.4) is 0 Å². The molecule has 0 aliphatic heterocycles. The second-order valence-corrected chi connectivity index (χ2v) is 5.84. The zero-order chi connectivity index (χ0) is 18.9. The van der Waals surface area contributed by atoms with Gasteiger partial charge in [-0.1, -0.05) is 29.8 Å². The van der Waals surface area contributed by atoms with E-state index in [1.807, 2.05) is 6.92 Å². The molecule has 2 aromatic carbocycles. The molecule has 0 fully saturated rings. The molecule has 0 heterocycles. The summed E-state index contributed by atoms with van der Waals surface area (Å²) < 4.78 is 24.2. The molecule has 1 amide bonds. The predicted molar refractivity (Wildman–Crippen MR) is 101 cm³/mol. The number of nitrogens with one attached hydrogen (secondary N) is 1. The molecule has 0 aliphatic carbocycles. The normalized spacial score (nSPS) is 10.8. The summed E-state index contributed by atoms with van der Waals surface area (Å²) in [5.74, 6) is 0.431. The second kappa shape index (κ2) is 9.82. The maximum absolute atomic E-state index is 13.5. The van der Waals surface area contributed by atoms with Crippen LogP contribution in [-0.4, -0.2) is 26.2 Å². The topological polar surface area (TPSA) is 47.6 Å². The Balaban J connectivity index is 1.95. The maximum Gasteiger partial charge on any atom is 0.244 e. The van der Waals surface area contributed by atoms with Crippen LogP contribution >= 0.6 is 11.6 Å². The Bertz CT molecular complexity index is 793. The van der Waals surface area contributed by atoms with E-state index in [0.29, 0.717) is 47.2 Å². The van der Waals surface area contributed by atoms with E-state index in [-0.39, 0.29) is 11.7 Å². The minimum Gasteiger partial charge on any atom is -0.493 e. The van der Waals surface area contributed by atoms with Crippen molar-refractivity contribution in [2.24, 2.45) is 0 Å². The third-order valence-corrected chi connectivity index (χ3v) is 3.90. The van der Waals surface area contributed by atoms with Crippen molar-refractivity contribution in [2.75, 3.05) is 20.3 Å². The fourth-order valence-corrected chi connectivity index (χ4v) is 2.65. The molecule has 0 saturated carbocycles. The van der Waals surface area contributed by atoms with Crippen molar-refractivity contribution in [2.45, 2.75) is 13.3 Å². The van der Waals surface area contributed by atoms with Crippen molar-refractivity contribution < 1.29 is 18.7 Å². The number of methoxy groups -OCH3 is 1. The Morgan fingerprint density at radius 1 is 1.31 bits per heavy atom. The molecule has 0 spiro atoms. The first-order valence-corrected chi connectivity index (χ1v) is 8.62. The average Bonchev–Trinajstić information content (AvgIpc) is 2.63. The average molecular weight is 378 g/mol. The fourth-order valence-electron chi connectivity index (χ4n) is 2.37. The molecule has 0 unspecified atom stereocenters. The van der Waals surface area contributed by atoms with Gasteiger partial charge in [0.05, 0.1) is 18.7 Å². The van der Waals surface area contributed by atoms with Gasteiger partial charge in [0.1, 0.15) is 5.82 Å². The van der Waals surface area contributed by atoms with Crippen molar-refractivity contribution in [1.82, 2.24) is 5.32 Å². The highest BCUT2D eigenvalue weighted by atomic mass is 35.5. The zero-order valence-electron chi connectivity index (χ0n) is 14.7. The van der Waals surface area contributed by atoms with Gasteiger partial charge in [-0.05, 0) is 48.7 Å². The van der Waals surface area contributed by atoms with Crippen LogP contribution in [0.4, 0.5) is 4.39 Å². The van der Waals surface area contributed by atoms with Crippen molar-refractivity contribution in [3.63, 3.8) is 0 Å². The molecule has 0 saturated heterocycles. The largest absolute Gasteiger partial charge is 0.493 e. The molecule has 6 heteroatoms. The van der Waals surface area contributed by atoms with Crippen LogP contribution in [0.2, 0.25) is 5.02 Å². The number of rotatable bonds is 8. The van der Waals surface area contributed by atoms with E-state index in [0.717, 1.165) is 0 Å². The molecule has 138 valence electrons. The Morgan fingerprint density at radius 2 is 2.08 bits per heavy atom. The summed E-state index contributed by atoms with van der Waals surface area (Å²) in [5, 5.41) is 3.13. The van der Waals surface area contributed by atoms with Gasteiger partial charge in [-0.2, -0.15) is 0 Å². The molecule has 2 aromatic rings. The summed E-state index contributed by atoms with van der Waals surface area (Å²) in [6.07, 6.45) is 3.45. The number of halogens is 2. The Morgan fingerprint density at radius 3 is 2.77 bits per heavy atom. The Labute approximate surface area is 157 Å². The minimum absolute atomic E-state index is 0.270. The van der Waals surface area contributed by atoms with Gasteiger partial charge in [0, 0.05) is 12.6 Å². The molecular weight excluding hydrogens is 357 g/mol. The zero-order valence-corrected chi connectivity index (χ0v) is 15.5. The lowest BCUT2D eigenvalue weighted by molar-refractivity contribution is -0.116. The van der Waals surface area contributed by atoms with Gasteiger partial charge in [-0.3, -0.25) is 4.79 Å². The molecule has 2 rings (SSSR count). The Kier molecular flexibility index (Phi) is 7.48. The number of ether oxygens (including phenoxy) is 2. The number of amides is 1. The van der Waals surface area contributed by atoms with Crippen LogP contribution in [0.25, 0.3) is 6.08 Å². The Hall–Kier alpha value is -2.53. The van der Waals surface area contributed by atoms with Crippen LogP contribution < -0.4 is 14.8 Å². The number of hydrogen-bond acceptors (Lipinski definition) is 3. The number of carbonyl (C=O) groups excluding carboxylic acids is 1. The maximum atomic E-state index is 13.5. The van der Waals surface area contributed by atoms with Crippen molar-refractivity contribution in [3.05, 3.63) is 64.4 Å². The third kappa shape index (κ3) is 5.49. The van der Waals surface area contributed by atoms with Crippen LogP contribution in [0.5, 0.6) is 11.5 Å². The number of benzene rings is 2. The molecule has 1 N–H and O–H groups in total. The summed E-state index contributed by atoms with van der Waals surface area (Å²) in [4.78, 5) is 11.9. The molecule has 0 radical (unpaired) electrons. The summed E-state index contributed by atoms with van der Waals surface area (Å²) in [7, 11) is 1.52. The monoisotopic (exact) mass is 377 g/mol. The van der Waals surface area contributed by atoms with Crippen molar-refractivity contribution in [1.29, 1.82) is 0 Å². The lowest BCUT2D eigenvalue weighted by Crippen LogP contribution is -2.23. The van der Waals surface area contributed by atoms with Gasteiger partial charge >= 0.3 is 0 Å². The van der Waals surface area contributed by atoms with E-state index in [4.69, 9.17) is 21.1 Å². The molecule has 0 bridgehead atoms. The molecule has 0 aromatic heterocycles. The first-order chi connectivity index (χ1) is 12.5. The highest BCUT2D eigenvalue weighted by Crippen LogP contribution is 2.36. The van der Waals surface area contributed by atoms with Crippen molar-refractivity contribution in [3.8, 4) is 11.5 Å². The van der Waals surface area contributed by atoms with Crippen LogP contribution in [0, 0.1) is 5.82 Å². The fraction of sp³-hybridized carbons (Fsp3) is 0.250. The van der Waals surface area contributed by atoms with E-state index in [2.05, 4.69) is 5.32 Å². The van der Waals surface area contributed by atoms with Gasteiger partial charge in [0.25, 0.3) is 0 Å². The van der Waals surface area contributed by atoms with Gasteiger partial charge in [-0.25, -0.2) is 4.39 Å². The van der Waals surface area contributed by atoms with Gasteiger partial charge in [-0.15, -0.1) is 0 Å². The van der Waals surface area contributed by atoms with E-state index >= 15 is 0 Å². The minimum atomic E-state index is -0.273. The predicted octanol–water partition coefficient (Wildman–Crippen LogP) is 4.26. The van der Waals surface area contributed by atoms with Gasteiger partial charge < -0.3 is 14.8 Å². The standard InChI is InChI=1S/C20H21ClFNO3/c1-3-26-20-16(21)12-14(13-18(20)25-2)8-9-19(24)23-11-10-15-6-4-5-7-17(15)22/h4-9,12-13H,3,10-11H2,1-2H3,(H,23,24)/b9-8+. The summed E-state index contributed by atoms with van der Waals surface area (Å²) >= 11 is 6.20. The van der Waals surface area contributed by atoms with E-state index in [1.165, 1.54) is 19.3 Å². The molecular formula is C20H21ClFNO3. The SMILES string of the molecule is CCOc1c(Cl)cc(/C=C/C(=O)NCCc2ccccc2F)cc1OC. The second-order valence-electron chi connectivity index (χ2n) is 5.43. The number of carbonyl (C=O) groups is 1. The summed E-state index contributed by atoms with van der Waals surface area (Å²) in [6, 6.07) is 9.93. The van der Waals surface area contributed by atoms with Gasteiger partial charge in [0.2, 0.25) is 5.91 Å². The van der Waals surface area contributed by atoms with E-state index < -0.39 is 0 Å². The summed E-state index contributed by atoms with van der Waals surface area (Å²) in [5.41, 5.74) is 1.28. The highest BCUT2D eigenvalue weighted by molar-refractivity contribution is 6.32. The van der Waals surface area contributed by atoms with Crippen LogP contribution in [-0.2, 0) is 11.2 Å². The lowest BCUT2D eigenvalue weighted by Gasteiger charge is -2.11. The lowest BCUT2D eigenvalue weighted by atomic mass is 10.1. The van der Waals surface area contributed by atoms with Gasteiger partial charge in [0.15, 0.2) is 11.5 Å². The first-order valence-electron chi connectivity index (χ1n) is 8.24. The summed E-state index contributed by atoms with van der Waals surface area (Å²) in [6.45, 7) is 2.67. The van der Waals surface area contributed by atoms with Crippen molar-refractivity contribution >= 4 is 23.6 Å².